The van der Waals surface area contributed by atoms with Crippen LogP contribution in [0.15, 0.2) is 64.3 Å². The molecule has 0 spiro atoms. The molecule has 1 aromatic heterocycles. The molecule has 0 radical (unpaired) electrons. The molecule has 0 bridgehead atoms. The van der Waals surface area contributed by atoms with Gasteiger partial charge in [-0.3, -0.25) is 4.79 Å². The van der Waals surface area contributed by atoms with E-state index in [4.69, 9.17) is 0 Å². The van der Waals surface area contributed by atoms with Gasteiger partial charge < -0.3 is 4.98 Å². The highest BCUT2D eigenvalue weighted by Crippen LogP contribution is 2.17. The van der Waals surface area contributed by atoms with Gasteiger partial charge in [0.25, 0.3) is 5.91 Å². The maximum Gasteiger partial charge on any atom is 0.273 e. The van der Waals surface area contributed by atoms with Gasteiger partial charge in [0.2, 0.25) is 0 Å². The highest BCUT2D eigenvalue weighted by atomic mass is 79.9. The first kappa shape index (κ1) is 13.6. The first-order valence-electron chi connectivity index (χ1n) is 6.39. The SMILES string of the molecule is O=C(NN=Cc1cccc(Br)c1)c1c[nH]c2ccccc12. The topological polar surface area (TPSA) is 57.2 Å². The number of halogens is 1. The van der Waals surface area contributed by atoms with Crippen LogP contribution >= 0.6 is 15.9 Å². The monoisotopic (exact) mass is 341 g/mol. The first-order chi connectivity index (χ1) is 10.2. The average molecular weight is 342 g/mol. The van der Waals surface area contributed by atoms with Crippen LogP contribution in [0.4, 0.5) is 0 Å². The predicted molar refractivity (Wildman–Crippen MR) is 87.5 cm³/mol. The van der Waals surface area contributed by atoms with Crippen molar-refractivity contribution >= 4 is 39.0 Å². The van der Waals surface area contributed by atoms with E-state index in [-0.39, 0.29) is 5.91 Å². The molecule has 0 fully saturated rings. The fraction of sp³-hybridized carbons (Fsp3) is 0. The lowest BCUT2D eigenvalue weighted by atomic mass is 10.2. The Bertz CT molecular complexity index is 823. The van der Waals surface area contributed by atoms with E-state index in [0.29, 0.717) is 5.56 Å². The van der Waals surface area contributed by atoms with Crippen LogP contribution in [0.5, 0.6) is 0 Å². The number of hydrogen-bond donors (Lipinski definition) is 2. The van der Waals surface area contributed by atoms with Gasteiger partial charge in [-0.25, -0.2) is 5.43 Å². The maximum absolute atomic E-state index is 12.1. The van der Waals surface area contributed by atoms with Crippen LogP contribution in [0.3, 0.4) is 0 Å². The molecule has 1 amide bonds. The third kappa shape index (κ3) is 3.03. The van der Waals surface area contributed by atoms with E-state index in [1.54, 1.807) is 12.4 Å². The summed E-state index contributed by atoms with van der Waals surface area (Å²) in [6.45, 7) is 0. The lowest BCUT2D eigenvalue weighted by Crippen LogP contribution is -2.17. The van der Waals surface area contributed by atoms with Gasteiger partial charge in [0, 0.05) is 21.6 Å². The molecule has 104 valence electrons. The Hall–Kier alpha value is -2.40. The summed E-state index contributed by atoms with van der Waals surface area (Å²) in [6.07, 6.45) is 3.30. The average Bonchev–Trinajstić information content (AvgIpc) is 2.91. The summed E-state index contributed by atoms with van der Waals surface area (Å²) in [5, 5.41) is 4.87. The molecule has 2 N–H and O–H groups in total. The molecule has 1 heterocycles. The summed E-state index contributed by atoms with van der Waals surface area (Å²) in [5.74, 6) is -0.237. The summed E-state index contributed by atoms with van der Waals surface area (Å²) in [6, 6.07) is 15.3. The Balaban J connectivity index is 1.75. The number of aromatic amines is 1. The summed E-state index contributed by atoms with van der Waals surface area (Å²) < 4.78 is 0.967. The van der Waals surface area contributed by atoms with E-state index in [1.165, 1.54) is 0 Å². The Labute approximate surface area is 130 Å². The third-order valence-corrected chi connectivity index (χ3v) is 3.56. The largest absolute Gasteiger partial charge is 0.360 e. The lowest BCUT2D eigenvalue weighted by Gasteiger charge is -1.98. The van der Waals surface area contributed by atoms with Gasteiger partial charge in [0.1, 0.15) is 0 Å². The number of rotatable bonds is 3. The minimum Gasteiger partial charge on any atom is -0.360 e. The zero-order valence-electron chi connectivity index (χ0n) is 11.0. The van der Waals surface area contributed by atoms with Crippen LogP contribution < -0.4 is 5.43 Å². The van der Waals surface area contributed by atoms with E-state index in [0.717, 1.165) is 20.9 Å². The number of nitrogens with one attached hydrogen (secondary N) is 2. The van der Waals surface area contributed by atoms with Crippen LogP contribution in [-0.2, 0) is 0 Å². The van der Waals surface area contributed by atoms with Gasteiger partial charge in [0.05, 0.1) is 11.8 Å². The fourth-order valence-corrected chi connectivity index (χ4v) is 2.49. The van der Waals surface area contributed by atoms with Crippen molar-refractivity contribution in [1.82, 2.24) is 10.4 Å². The number of carbonyl (C=O) groups is 1. The van der Waals surface area contributed by atoms with Crippen LogP contribution in [0, 0.1) is 0 Å². The van der Waals surface area contributed by atoms with E-state index < -0.39 is 0 Å². The van der Waals surface area contributed by atoms with E-state index in [2.05, 4.69) is 31.4 Å². The molecule has 21 heavy (non-hydrogen) atoms. The van der Waals surface area contributed by atoms with Crippen molar-refractivity contribution < 1.29 is 4.79 Å². The number of H-pyrrole nitrogens is 1. The second kappa shape index (κ2) is 5.93. The van der Waals surface area contributed by atoms with Crippen molar-refractivity contribution in [2.24, 2.45) is 5.10 Å². The number of aromatic nitrogens is 1. The van der Waals surface area contributed by atoms with Gasteiger partial charge in [-0.1, -0.05) is 46.3 Å². The normalized spacial score (nSPS) is 11.1. The van der Waals surface area contributed by atoms with Crippen molar-refractivity contribution in [2.45, 2.75) is 0 Å². The van der Waals surface area contributed by atoms with Crippen LogP contribution in [0.2, 0.25) is 0 Å². The number of nitrogens with zero attached hydrogens (tertiary/aromatic N) is 1. The molecule has 0 unspecified atom stereocenters. The van der Waals surface area contributed by atoms with Crippen molar-refractivity contribution in [3.05, 3.63) is 70.3 Å². The molecule has 5 heteroatoms. The van der Waals surface area contributed by atoms with Gasteiger partial charge >= 0.3 is 0 Å². The summed E-state index contributed by atoms with van der Waals surface area (Å²) >= 11 is 3.39. The predicted octanol–water partition coefficient (Wildman–Crippen LogP) is 3.69. The van der Waals surface area contributed by atoms with Crippen LogP contribution in [0.25, 0.3) is 10.9 Å². The Kier molecular flexibility index (Phi) is 3.83. The van der Waals surface area contributed by atoms with Crippen LogP contribution in [0.1, 0.15) is 15.9 Å². The molecule has 0 aliphatic rings. The highest BCUT2D eigenvalue weighted by molar-refractivity contribution is 9.10. The number of fused-ring (bicyclic) bond motifs is 1. The maximum atomic E-state index is 12.1. The van der Waals surface area contributed by atoms with Crippen LogP contribution in [-0.4, -0.2) is 17.1 Å². The molecule has 3 rings (SSSR count). The fourth-order valence-electron chi connectivity index (χ4n) is 2.07. The zero-order valence-corrected chi connectivity index (χ0v) is 12.6. The summed E-state index contributed by atoms with van der Waals surface area (Å²) in [7, 11) is 0. The van der Waals surface area contributed by atoms with Gasteiger partial charge in [0.15, 0.2) is 0 Å². The molecule has 3 aromatic rings. The minimum absolute atomic E-state index is 0.237. The molecular weight excluding hydrogens is 330 g/mol. The van der Waals surface area contributed by atoms with Crippen molar-refractivity contribution in [2.75, 3.05) is 0 Å². The molecule has 0 aliphatic heterocycles. The second-order valence-electron chi connectivity index (χ2n) is 4.50. The molecule has 2 aromatic carbocycles. The number of hydrazone groups is 1. The quantitative estimate of drug-likeness (QED) is 0.553. The molecule has 0 saturated heterocycles. The molecule has 0 atom stereocenters. The zero-order chi connectivity index (χ0) is 14.7. The smallest absolute Gasteiger partial charge is 0.273 e. The third-order valence-electron chi connectivity index (χ3n) is 3.06. The number of hydrogen-bond acceptors (Lipinski definition) is 2. The number of amides is 1. The number of carbonyl (C=O) groups excluding carboxylic acids is 1. The molecule has 0 aliphatic carbocycles. The number of para-hydroxylation sites is 1. The van der Waals surface area contributed by atoms with Crippen molar-refractivity contribution in [3.63, 3.8) is 0 Å². The highest BCUT2D eigenvalue weighted by Gasteiger charge is 2.10. The van der Waals surface area contributed by atoms with E-state index in [9.17, 15) is 4.79 Å². The molecular formula is C16H12BrN3O. The van der Waals surface area contributed by atoms with Gasteiger partial charge in [-0.05, 0) is 23.8 Å². The number of benzene rings is 2. The Morgan fingerprint density at radius 3 is 2.90 bits per heavy atom. The van der Waals surface area contributed by atoms with Crippen molar-refractivity contribution in [1.29, 1.82) is 0 Å². The standard InChI is InChI=1S/C16H12BrN3O/c17-12-5-3-4-11(8-12)9-19-20-16(21)14-10-18-15-7-2-1-6-13(14)15/h1-10,18H,(H,20,21). The Morgan fingerprint density at radius 2 is 2.05 bits per heavy atom. The lowest BCUT2D eigenvalue weighted by molar-refractivity contribution is 0.0957. The summed E-state index contributed by atoms with van der Waals surface area (Å²) in [5.41, 5.74) is 4.96. The molecule has 4 nitrogen and oxygen atoms in total. The summed E-state index contributed by atoms with van der Waals surface area (Å²) in [4.78, 5) is 15.2. The van der Waals surface area contributed by atoms with Crippen molar-refractivity contribution in [3.8, 4) is 0 Å². The Morgan fingerprint density at radius 1 is 1.19 bits per heavy atom. The van der Waals surface area contributed by atoms with E-state index in [1.807, 2.05) is 48.5 Å². The first-order valence-corrected chi connectivity index (χ1v) is 7.18. The second-order valence-corrected chi connectivity index (χ2v) is 5.42. The van der Waals surface area contributed by atoms with Gasteiger partial charge in [-0.15, -0.1) is 0 Å². The minimum atomic E-state index is -0.237. The van der Waals surface area contributed by atoms with Gasteiger partial charge in [-0.2, -0.15) is 5.10 Å². The van der Waals surface area contributed by atoms with E-state index >= 15 is 0 Å². The molecule has 0 saturated carbocycles.